The van der Waals surface area contributed by atoms with Gasteiger partial charge in [0.2, 0.25) is 5.82 Å². The summed E-state index contributed by atoms with van der Waals surface area (Å²) < 4.78 is 5.91. The van der Waals surface area contributed by atoms with Crippen molar-refractivity contribution in [2.24, 2.45) is 0 Å². The van der Waals surface area contributed by atoms with Gasteiger partial charge >= 0.3 is 17.2 Å². The van der Waals surface area contributed by atoms with E-state index in [9.17, 15) is 19.7 Å². The third kappa shape index (κ3) is 3.67. The Hall–Kier alpha value is -3.95. The number of carbonyl (C=O) groups is 1. The summed E-state index contributed by atoms with van der Waals surface area (Å²) in [7, 11) is 1.34. The van der Waals surface area contributed by atoms with E-state index in [2.05, 4.69) is 9.88 Å². The number of hydrogen-bond acceptors (Lipinski definition) is 8. The molecule has 0 radical (unpaired) electrons. The molecule has 0 amide bonds. The summed E-state index contributed by atoms with van der Waals surface area (Å²) >= 11 is 0. The lowest BCUT2D eigenvalue weighted by Gasteiger charge is -2.41. The third-order valence-electron chi connectivity index (χ3n) is 5.43. The summed E-state index contributed by atoms with van der Waals surface area (Å²) in [5, 5.41) is 11.7. The van der Waals surface area contributed by atoms with Gasteiger partial charge in [-0.25, -0.2) is 9.78 Å². The second-order valence-corrected chi connectivity index (χ2v) is 7.30. The molecule has 0 N–H and O–H groups in total. The van der Waals surface area contributed by atoms with Crippen LogP contribution < -0.4 is 15.4 Å². The summed E-state index contributed by atoms with van der Waals surface area (Å²) in [6.45, 7) is 3.54. The lowest BCUT2D eigenvalue weighted by Crippen LogP contribution is -2.53. The molecule has 2 aromatic heterocycles. The van der Waals surface area contributed by atoms with Gasteiger partial charge in [0, 0.05) is 37.6 Å². The molecule has 0 saturated carbocycles. The molecule has 1 aromatic carbocycles. The molecule has 0 aliphatic carbocycles. The van der Waals surface area contributed by atoms with Crippen LogP contribution in [0.5, 0.6) is 0 Å². The number of methoxy groups -OCH3 is 1. The second-order valence-electron chi connectivity index (χ2n) is 7.30. The van der Waals surface area contributed by atoms with Crippen molar-refractivity contribution >= 4 is 28.8 Å². The Morgan fingerprint density at radius 1 is 1.19 bits per heavy atom. The van der Waals surface area contributed by atoms with Crippen LogP contribution in [0.3, 0.4) is 0 Å². The summed E-state index contributed by atoms with van der Waals surface area (Å²) in [4.78, 5) is 43.8. The molecule has 160 valence electrons. The number of pyridine rings is 1. The Morgan fingerprint density at radius 2 is 1.94 bits per heavy atom. The van der Waals surface area contributed by atoms with Crippen LogP contribution in [0.2, 0.25) is 0 Å². The predicted molar refractivity (Wildman–Crippen MR) is 115 cm³/mol. The van der Waals surface area contributed by atoms with Crippen LogP contribution in [0.1, 0.15) is 17.3 Å². The number of benzene rings is 1. The standard InChI is InChI=1S/C21H21N5O5/c1-14-13-23(16-8-6-15(7-9-16)21(28)31-2)11-12-24(14)19-18(26(29)30)20(27)25-10-4-3-5-17(25)22-19/h3-10,14H,11-13H2,1-2H3. The monoisotopic (exact) mass is 423 g/mol. The summed E-state index contributed by atoms with van der Waals surface area (Å²) in [5.74, 6) is -0.305. The van der Waals surface area contributed by atoms with Crippen LogP contribution in [-0.4, -0.2) is 53.1 Å². The lowest BCUT2D eigenvalue weighted by molar-refractivity contribution is -0.385. The smallest absolute Gasteiger partial charge is 0.376 e. The second kappa shape index (κ2) is 8.05. The van der Waals surface area contributed by atoms with Gasteiger partial charge in [-0.15, -0.1) is 0 Å². The van der Waals surface area contributed by atoms with Crippen molar-refractivity contribution in [1.82, 2.24) is 9.38 Å². The van der Waals surface area contributed by atoms with Gasteiger partial charge in [0.1, 0.15) is 5.65 Å². The maximum absolute atomic E-state index is 12.7. The summed E-state index contributed by atoms with van der Waals surface area (Å²) in [6.07, 6.45) is 1.47. The van der Waals surface area contributed by atoms with Gasteiger partial charge < -0.3 is 14.5 Å². The van der Waals surface area contributed by atoms with E-state index < -0.39 is 22.1 Å². The van der Waals surface area contributed by atoms with Crippen molar-refractivity contribution in [1.29, 1.82) is 0 Å². The van der Waals surface area contributed by atoms with E-state index in [-0.39, 0.29) is 11.9 Å². The first-order chi connectivity index (χ1) is 14.9. The number of carbonyl (C=O) groups excluding carboxylic acids is 1. The highest BCUT2D eigenvalue weighted by Crippen LogP contribution is 2.28. The SMILES string of the molecule is COC(=O)c1ccc(N2CCN(c3nc4ccccn4c(=O)c3[N+](=O)[O-])C(C)C2)cc1. The van der Waals surface area contributed by atoms with E-state index in [0.29, 0.717) is 30.8 Å². The first-order valence-electron chi connectivity index (χ1n) is 9.76. The molecule has 1 aliphatic rings. The zero-order chi connectivity index (χ0) is 22.1. The topological polar surface area (TPSA) is 110 Å². The minimum Gasteiger partial charge on any atom is -0.465 e. The van der Waals surface area contributed by atoms with Gasteiger partial charge in [-0.2, -0.15) is 0 Å². The molecular formula is C21H21N5O5. The summed E-state index contributed by atoms with van der Waals surface area (Å²) in [6, 6.07) is 12.0. The fourth-order valence-corrected chi connectivity index (χ4v) is 3.86. The van der Waals surface area contributed by atoms with E-state index in [1.54, 1.807) is 30.3 Å². The molecule has 4 rings (SSSR count). The molecule has 10 nitrogen and oxygen atoms in total. The molecule has 0 bridgehead atoms. The number of nitro groups is 1. The van der Waals surface area contributed by atoms with Crippen molar-refractivity contribution in [3.05, 3.63) is 74.7 Å². The number of ether oxygens (including phenoxy) is 1. The number of aromatic nitrogens is 2. The number of piperazine rings is 1. The van der Waals surface area contributed by atoms with Crippen molar-refractivity contribution in [3.8, 4) is 0 Å². The van der Waals surface area contributed by atoms with E-state index >= 15 is 0 Å². The zero-order valence-corrected chi connectivity index (χ0v) is 17.1. The number of nitrogens with zero attached hydrogens (tertiary/aromatic N) is 5. The molecule has 3 aromatic rings. The van der Waals surface area contributed by atoms with Crippen LogP contribution >= 0.6 is 0 Å². The van der Waals surface area contributed by atoms with E-state index in [4.69, 9.17) is 4.74 Å². The number of hydrogen-bond donors (Lipinski definition) is 0. The highest BCUT2D eigenvalue weighted by molar-refractivity contribution is 5.89. The molecule has 1 fully saturated rings. The van der Waals surface area contributed by atoms with Crippen molar-refractivity contribution < 1.29 is 14.5 Å². The molecule has 1 unspecified atom stereocenters. The largest absolute Gasteiger partial charge is 0.465 e. The maximum Gasteiger partial charge on any atom is 0.376 e. The van der Waals surface area contributed by atoms with Crippen LogP contribution in [0.25, 0.3) is 5.65 Å². The highest BCUT2D eigenvalue weighted by atomic mass is 16.6. The van der Waals surface area contributed by atoms with Crippen LogP contribution in [0.15, 0.2) is 53.5 Å². The van der Waals surface area contributed by atoms with E-state index in [1.807, 2.05) is 24.0 Å². The molecule has 31 heavy (non-hydrogen) atoms. The average molecular weight is 423 g/mol. The first-order valence-corrected chi connectivity index (χ1v) is 9.76. The van der Waals surface area contributed by atoms with Gasteiger partial charge in [0.15, 0.2) is 0 Å². The van der Waals surface area contributed by atoms with Gasteiger partial charge in [-0.05, 0) is 43.3 Å². The fourth-order valence-electron chi connectivity index (χ4n) is 3.86. The molecule has 1 saturated heterocycles. The molecule has 3 heterocycles. The van der Waals surface area contributed by atoms with E-state index in [0.717, 1.165) is 5.69 Å². The van der Waals surface area contributed by atoms with Crippen molar-refractivity contribution in [3.63, 3.8) is 0 Å². The van der Waals surface area contributed by atoms with Gasteiger partial charge in [0.05, 0.1) is 17.6 Å². The lowest BCUT2D eigenvalue weighted by atomic mass is 10.1. The quantitative estimate of drug-likeness (QED) is 0.356. The Labute approximate surface area is 177 Å². The fraction of sp³-hybridized carbons (Fsp3) is 0.286. The van der Waals surface area contributed by atoms with Gasteiger partial charge in [-0.3, -0.25) is 19.3 Å². The van der Waals surface area contributed by atoms with Crippen molar-refractivity contribution in [2.45, 2.75) is 13.0 Å². The Balaban J connectivity index is 1.63. The average Bonchev–Trinajstić information content (AvgIpc) is 2.78. The first kappa shape index (κ1) is 20.3. The Morgan fingerprint density at radius 3 is 2.58 bits per heavy atom. The minimum atomic E-state index is -0.696. The molecular weight excluding hydrogens is 402 g/mol. The van der Waals surface area contributed by atoms with Gasteiger partial charge in [-0.1, -0.05) is 6.07 Å². The number of esters is 1. The van der Waals surface area contributed by atoms with Crippen LogP contribution in [0, 0.1) is 10.1 Å². The van der Waals surface area contributed by atoms with E-state index in [1.165, 1.54) is 17.7 Å². The Bertz CT molecular complexity index is 1210. The summed E-state index contributed by atoms with van der Waals surface area (Å²) in [5.41, 5.74) is 0.542. The van der Waals surface area contributed by atoms with Crippen molar-refractivity contribution in [2.75, 3.05) is 36.5 Å². The highest BCUT2D eigenvalue weighted by Gasteiger charge is 2.33. The number of anilines is 2. The molecule has 1 atom stereocenters. The molecule has 0 spiro atoms. The number of fused-ring (bicyclic) bond motifs is 1. The zero-order valence-electron chi connectivity index (χ0n) is 17.1. The maximum atomic E-state index is 12.7. The molecule has 1 aliphatic heterocycles. The molecule has 10 heteroatoms. The predicted octanol–water partition coefficient (Wildman–Crippen LogP) is 2.10. The number of rotatable bonds is 4. The Kier molecular flexibility index (Phi) is 5.28. The van der Waals surface area contributed by atoms with Gasteiger partial charge in [0.25, 0.3) is 0 Å². The normalized spacial score (nSPS) is 16.4. The minimum absolute atomic E-state index is 0.0920. The van der Waals surface area contributed by atoms with Crippen LogP contribution in [0.4, 0.5) is 17.2 Å². The van der Waals surface area contributed by atoms with Crippen LogP contribution in [-0.2, 0) is 4.74 Å². The third-order valence-corrected chi connectivity index (χ3v) is 5.43.